The minimum atomic E-state index is -3.56. The number of benzene rings is 1. The number of nitrogens with zero attached hydrogens (tertiary/aromatic N) is 3. The fourth-order valence-corrected chi connectivity index (χ4v) is 4.04. The van der Waals surface area contributed by atoms with Gasteiger partial charge in [-0.1, -0.05) is 0 Å². The standard InChI is InChI=1S/C17H17N4O5PS/c1-23-12-6-5-10(7-13(12)24-2)15-11(8-18)16-19-14(27(22,25-3)26-4)9-21(16)17(28)20-15/h5-7,9,19H,1-4H3. The third-order valence-corrected chi connectivity index (χ3v) is 6.24. The summed E-state index contributed by atoms with van der Waals surface area (Å²) >= 11 is 5.36. The molecular formula is C17H17N4O5PS. The molecule has 0 unspecified atom stereocenters. The van der Waals surface area contributed by atoms with Crippen molar-refractivity contribution < 1.29 is 23.1 Å². The van der Waals surface area contributed by atoms with Gasteiger partial charge < -0.3 is 23.5 Å². The minimum Gasteiger partial charge on any atom is -0.493 e. The molecule has 1 N–H and O–H groups in total. The summed E-state index contributed by atoms with van der Waals surface area (Å²) in [6.45, 7) is 0. The molecule has 2 heterocycles. The van der Waals surface area contributed by atoms with Gasteiger partial charge in [-0.3, -0.25) is 8.97 Å². The van der Waals surface area contributed by atoms with Crippen LogP contribution in [0.1, 0.15) is 5.56 Å². The number of ether oxygens (including phenoxy) is 2. The van der Waals surface area contributed by atoms with Crippen LogP contribution < -0.4 is 14.9 Å². The molecule has 11 heteroatoms. The zero-order valence-electron chi connectivity index (χ0n) is 15.5. The molecule has 28 heavy (non-hydrogen) atoms. The van der Waals surface area contributed by atoms with E-state index in [0.29, 0.717) is 28.4 Å². The number of imidazole rings is 1. The van der Waals surface area contributed by atoms with E-state index in [1.807, 2.05) is 0 Å². The average molecular weight is 420 g/mol. The zero-order valence-corrected chi connectivity index (χ0v) is 17.3. The van der Waals surface area contributed by atoms with E-state index < -0.39 is 7.60 Å². The molecule has 146 valence electrons. The van der Waals surface area contributed by atoms with Crippen molar-refractivity contribution in [2.45, 2.75) is 0 Å². The monoisotopic (exact) mass is 420 g/mol. The summed E-state index contributed by atoms with van der Waals surface area (Å²) in [4.78, 5) is 7.31. The summed E-state index contributed by atoms with van der Waals surface area (Å²) in [6.07, 6.45) is 1.46. The zero-order chi connectivity index (χ0) is 20.5. The van der Waals surface area contributed by atoms with Crippen molar-refractivity contribution in [3.63, 3.8) is 0 Å². The SMILES string of the molecule is COc1ccc(-c2nc(=S)n3cc(P(=O)(OC)OC)[nH]c3c2C#N)cc1OC. The highest BCUT2D eigenvalue weighted by molar-refractivity contribution is 7.71. The van der Waals surface area contributed by atoms with Crippen molar-refractivity contribution in [1.29, 1.82) is 5.26 Å². The summed E-state index contributed by atoms with van der Waals surface area (Å²) in [5.74, 6) is 1.03. The van der Waals surface area contributed by atoms with Crippen molar-refractivity contribution in [2.24, 2.45) is 0 Å². The fraction of sp³-hybridized carbons (Fsp3) is 0.235. The van der Waals surface area contributed by atoms with Crippen LogP contribution >= 0.6 is 19.8 Å². The van der Waals surface area contributed by atoms with Crippen LogP contribution in [0.4, 0.5) is 0 Å². The molecule has 0 atom stereocenters. The third kappa shape index (κ3) is 3.19. The van der Waals surface area contributed by atoms with Crippen molar-refractivity contribution in [3.05, 3.63) is 34.7 Å². The molecule has 0 radical (unpaired) electrons. The maximum absolute atomic E-state index is 12.7. The number of methoxy groups -OCH3 is 2. The van der Waals surface area contributed by atoms with Gasteiger partial charge in [-0.25, -0.2) is 4.98 Å². The number of nitriles is 1. The maximum Gasteiger partial charge on any atom is 0.378 e. The highest BCUT2D eigenvalue weighted by atomic mass is 32.1. The molecule has 0 aliphatic carbocycles. The van der Waals surface area contributed by atoms with E-state index in [9.17, 15) is 9.83 Å². The summed E-state index contributed by atoms with van der Waals surface area (Å²) < 4.78 is 34.9. The first-order valence-electron chi connectivity index (χ1n) is 7.92. The van der Waals surface area contributed by atoms with Gasteiger partial charge in [0.15, 0.2) is 11.5 Å². The van der Waals surface area contributed by atoms with Crippen molar-refractivity contribution >= 4 is 30.9 Å². The van der Waals surface area contributed by atoms with Crippen LogP contribution in [0.3, 0.4) is 0 Å². The van der Waals surface area contributed by atoms with Crippen LogP contribution in [-0.4, -0.2) is 42.8 Å². The second-order valence-electron chi connectivity index (χ2n) is 5.52. The van der Waals surface area contributed by atoms with Gasteiger partial charge in [-0.15, -0.1) is 0 Å². The topological polar surface area (TPSA) is 111 Å². The molecule has 0 saturated heterocycles. The lowest BCUT2D eigenvalue weighted by atomic mass is 10.1. The number of aromatic amines is 1. The Balaban J connectivity index is 2.30. The predicted molar refractivity (Wildman–Crippen MR) is 105 cm³/mol. The predicted octanol–water partition coefficient (Wildman–Crippen LogP) is 3.06. The second kappa shape index (κ2) is 7.73. The number of aromatic nitrogens is 3. The number of hydrogen-bond donors (Lipinski definition) is 1. The van der Waals surface area contributed by atoms with Gasteiger partial charge in [0.05, 0.1) is 19.9 Å². The summed E-state index contributed by atoms with van der Waals surface area (Å²) in [5, 5.41) is 9.78. The molecule has 0 spiro atoms. The molecule has 0 aliphatic rings. The molecule has 2 aromatic heterocycles. The molecule has 0 saturated carbocycles. The molecule has 0 fully saturated rings. The van der Waals surface area contributed by atoms with E-state index in [1.54, 1.807) is 18.2 Å². The Morgan fingerprint density at radius 2 is 1.86 bits per heavy atom. The Kier molecular flexibility index (Phi) is 5.54. The number of H-pyrrole nitrogens is 1. The van der Waals surface area contributed by atoms with Crippen LogP contribution in [0.5, 0.6) is 11.5 Å². The average Bonchev–Trinajstić information content (AvgIpc) is 3.19. The second-order valence-corrected chi connectivity index (χ2v) is 8.09. The van der Waals surface area contributed by atoms with Crippen molar-refractivity contribution in [3.8, 4) is 28.8 Å². The molecule has 0 amide bonds. The summed E-state index contributed by atoms with van der Waals surface area (Å²) in [7, 11) is 2.03. The number of fused-ring (bicyclic) bond motifs is 1. The number of hydrogen-bond acceptors (Lipinski definition) is 8. The molecule has 9 nitrogen and oxygen atoms in total. The number of rotatable bonds is 6. The summed E-state index contributed by atoms with van der Waals surface area (Å²) in [6, 6.07) is 7.28. The van der Waals surface area contributed by atoms with E-state index in [0.717, 1.165) is 0 Å². The van der Waals surface area contributed by atoms with Gasteiger partial charge in [-0.05, 0) is 30.4 Å². The van der Waals surface area contributed by atoms with E-state index in [1.165, 1.54) is 39.0 Å². The first-order chi connectivity index (χ1) is 13.4. The fourth-order valence-electron chi connectivity index (χ4n) is 2.76. The van der Waals surface area contributed by atoms with E-state index >= 15 is 0 Å². The van der Waals surface area contributed by atoms with Gasteiger partial charge >= 0.3 is 7.60 Å². The van der Waals surface area contributed by atoms with Gasteiger partial charge in [-0.2, -0.15) is 5.26 Å². The molecule has 1 aromatic carbocycles. The quantitative estimate of drug-likeness (QED) is 0.479. The Morgan fingerprint density at radius 3 is 2.43 bits per heavy atom. The molecular weight excluding hydrogens is 403 g/mol. The highest BCUT2D eigenvalue weighted by Gasteiger charge is 2.28. The van der Waals surface area contributed by atoms with Crippen LogP contribution in [0.25, 0.3) is 16.9 Å². The van der Waals surface area contributed by atoms with E-state index in [4.69, 9.17) is 30.7 Å². The highest BCUT2D eigenvalue weighted by Crippen LogP contribution is 2.44. The lowest BCUT2D eigenvalue weighted by Crippen LogP contribution is -2.08. The molecule has 0 bridgehead atoms. The van der Waals surface area contributed by atoms with Crippen LogP contribution in [0.15, 0.2) is 24.4 Å². The van der Waals surface area contributed by atoms with Crippen LogP contribution in [-0.2, 0) is 13.6 Å². The van der Waals surface area contributed by atoms with Gasteiger partial charge in [0.2, 0.25) is 4.77 Å². The van der Waals surface area contributed by atoms with Crippen molar-refractivity contribution in [1.82, 2.24) is 14.4 Å². The van der Waals surface area contributed by atoms with E-state index in [2.05, 4.69) is 16.0 Å². The van der Waals surface area contributed by atoms with Crippen LogP contribution in [0, 0.1) is 16.1 Å². The van der Waals surface area contributed by atoms with E-state index in [-0.39, 0.29) is 15.8 Å². The lowest BCUT2D eigenvalue weighted by molar-refractivity contribution is 0.286. The molecule has 3 aromatic rings. The first kappa shape index (κ1) is 20.0. The Labute approximate surface area is 166 Å². The number of nitrogens with one attached hydrogen (secondary N) is 1. The largest absolute Gasteiger partial charge is 0.493 e. The smallest absolute Gasteiger partial charge is 0.378 e. The molecule has 0 aliphatic heterocycles. The Morgan fingerprint density at radius 1 is 1.18 bits per heavy atom. The maximum atomic E-state index is 12.7. The first-order valence-corrected chi connectivity index (χ1v) is 9.87. The lowest BCUT2D eigenvalue weighted by Gasteiger charge is -2.10. The van der Waals surface area contributed by atoms with Crippen molar-refractivity contribution in [2.75, 3.05) is 28.4 Å². The van der Waals surface area contributed by atoms with Gasteiger partial charge in [0.25, 0.3) is 0 Å². The molecule has 3 rings (SSSR count). The summed E-state index contributed by atoms with van der Waals surface area (Å²) in [5.41, 5.74) is 1.67. The van der Waals surface area contributed by atoms with Gasteiger partial charge in [0.1, 0.15) is 22.7 Å². The normalized spacial score (nSPS) is 11.4. The van der Waals surface area contributed by atoms with Gasteiger partial charge in [0, 0.05) is 26.0 Å². The third-order valence-electron chi connectivity index (χ3n) is 4.17. The van der Waals surface area contributed by atoms with Crippen LogP contribution in [0.2, 0.25) is 0 Å². The Hall–Kier alpha value is -2.70. The Bertz CT molecular complexity index is 1190. The minimum absolute atomic E-state index is 0.159.